The number of carbonyl (C=O) groups is 1. The van der Waals surface area contributed by atoms with Crippen molar-refractivity contribution in [3.05, 3.63) is 23.9 Å². The van der Waals surface area contributed by atoms with Crippen LogP contribution < -0.4 is 10.1 Å². The Balaban J connectivity index is 1.87. The molecule has 1 fully saturated rings. The van der Waals surface area contributed by atoms with Crippen LogP contribution in [0, 0.1) is 0 Å². The summed E-state index contributed by atoms with van der Waals surface area (Å²) in [5.74, 6) is 0.388. The van der Waals surface area contributed by atoms with E-state index in [4.69, 9.17) is 4.74 Å². The minimum Gasteiger partial charge on any atom is -0.472 e. The van der Waals surface area contributed by atoms with Gasteiger partial charge in [-0.1, -0.05) is 0 Å². The monoisotopic (exact) mass is 334 g/mol. The number of pyridine rings is 1. The first-order chi connectivity index (χ1) is 11.2. The fraction of sp³-hybridized carbons (Fsp3) is 0.667. The molecule has 0 spiro atoms. The highest BCUT2D eigenvalue weighted by molar-refractivity contribution is 5.94. The van der Waals surface area contributed by atoms with E-state index >= 15 is 0 Å². The van der Waals surface area contributed by atoms with Crippen molar-refractivity contribution < 1.29 is 9.53 Å². The molecule has 0 radical (unpaired) electrons. The zero-order valence-corrected chi connectivity index (χ0v) is 15.5. The highest BCUT2D eigenvalue weighted by Crippen LogP contribution is 2.16. The maximum Gasteiger partial charge on any atom is 0.251 e. The van der Waals surface area contributed by atoms with Crippen LogP contribution in [0.3, 0.4) is 0 Å². The average Bonchev–Trinajstić information content (AvgIpc) is 2.51. The number of likely N-dealkylation sites (N-methyl/N-ethyl adjacent to an activating group) is 1. The molecular formula is C18H30N4O2. The lowest BCUT2D eigenvalue weighted by Gasteiger charge is -2.36. The van der Waals surface area contributed by atoms with E-state index in [0.29, 0.717) is 24.0 Å². The van der Waals surface area contributed by atoms with E-state index in [-0.39, 0.29) is 11.5 Å². The lowest BCUT2D eigenvalue weighted by molar-refractivity contribution is 0.0900. The highest BCUT2D eigenvalue weighted by atomic mass is 16.5. The molecule has 1 aliphatic heterocycles. The number of nitrogens with one attached hydrogen (secondary N) is 1. The van der Waals surface area contributed by atoms with Crippen LogP contribution in [-0.4, -0.2) is 72.1 Å². The van der Waals surface area contributed by atoms with E-state index in [2.05, 4.69) is 34.1 Å². The third-order valence-corrected chi connectivity index (χ3v) is 4.13. The normalized spacial score (nSPS) is 18.2. The first-order valence-electron chi connectivity index (χ1n) is 8.60. The second kappa shape index (κ2) is 7.94. The smallest absolute Gasteiger partial charge is 0.251 e. The third kappa shape index (κ3) is 5.76. The molecule has 24 heavy (non-hydrogen) atoms. The van der Waals surface area contributed by atoms with Gasteiger partial charge in [0.25, 0.3) is 5.91 Å². The molecule has 1 aromatic rings. The first kappa shape index (κ1) is 18.7. The Kier molecular flexibility index (Phi) is 6.18. The Hall–Kier alpha value is -1.66. The van der Waals surface area contributed by atoms with Crippen LogP contribution in [0.25, 0.3) is 0 Å². The predicted octanol–water partition coefficient (Wildman–Crippen LogP) is 1.62. The van der Waals surface area contributed by atoms with Crippen molar-refractivity contribution in [3.8, 4) is 5.88 Å². The molecule has 2 heterocycles. The third-order valence-electron chi connectivity index (χ3n) is 4.13. The number of hydrogen-bond donors (Lipinski definition) is 1. The molecule has 1 amide bonds. The average molecular weight is 334 g/mol. The van der Waals surface area contributed by atoms with Crippen molar-refractivity contribution in [1.82, 2.24) is 20.1 Å². The molecule has 134 valence electrons. The van der Waals surface area contributed by atoms with E-state index in [1.54, 1.807) is 18.3 Å². The minimum atomic E-state index is -0.335. The molecule has 0 unspecified atom stereocenters. The van der Waals surface area contributed by atoms with Crippen molar-refractivity contribution >= 4 is 5.91 Å². The van der Waals surface area contributed by atoms with Crippen LogP contribution >= 0.6 is 0 Å². The quantitative estimate of drug-likeness (QED) is 0.887. The topological polar surface area (TPSA) is 57.7 Å². The van der Waals surface area contributed by atoms with Gasteiger partial charge in [-0.2, -0.15) is 0 Å². The van der Waals surface area contributed by atoms with E-state index in [1.165, 1.54) is 0 Å². The first-order valence-corrected chi connectivity index (χ1v) is 8.60. The van der Waals surface area contributed by atoms with E-state index in [0.717, 1.165) is 26.2 Å². The highest BCUT2D eigenvalue weighted by Gasteiger charge is 2.20. The van der Waals surface area contributed by atoms with E-state index < -0.39 is 0 Å². The fourth-order valence-electron chi connectivity index (χ4n) is 2.65. The molecule has 2 rings (SSSR count). The number of carbonyl (C=O) groups excluding carboxylic acids is 1. The van der Waals surface area contributed by atoms with Crippen LogP contribution in [0.4, 0.5) is 0 Å². The molecule has 6 nitrogen and oxygen atoms in total. The van der Waals surface area contributed by atoms with E-state index in [1.807, 2.05) is 20.8 Å². The molecule has 0 aliphatic carbocycles. The summed E-state index contributed by atoms with van der Waals surface area (Å²) >= 11 is 0. The number of rotatable bonds is 5. The molecule has 0 saturated carbocycles. The summed E-state index contributed by atoms with van der Waals surface area (Å²) in [6.07, 6.45) is 1.61. The second-order valence-corrected chi connectivity index (χ2v) is 7.50. The fourth-order valence-corrected chi connectivity index (χ4v) is 2.65. The number of aromatic nitrogens is 1. The SMILES string of the molecule is C[C@H](CNC(=O)c1ccnc(OC(C)(C)C)c1)N1CCN(C)CC1. The molecule has 1 N–H and O–H groups in total. The van der Waals surface area contributed by atoms with Gasteiger partial charge in [0.15, 0.2) is 0 Å². The van der Waals surface area contributed by atoms with Gasteiger partial charge in [0, 0.05) is 56.6 Å². The van der Waals surface area contributed by atoms with Crippen LogP contribution in [0.2, 0.25) is 0 Å². The van der Waals surface area contributed by atoms with Gasteiger partial charge in [0.2, 0.25) is 5.88 Å². The van der Waals surface area contributed by atoms with Gasteiger partial charge in [-0.05, 0) is 40.8 Å². The molecule has 1 aromatic heterocycles. The number of hydrogen-bond acceptors (Lipinski definition) is 5. The zero-order valence-electron chi connectivity index (χ0n) is 15.5. The largest absolute Gasteiger partial charge is 0.472 e. The summed E-state index contributed by atoms with van der Waals surface area (Å²) < 4.78 is 5.72. The van der Waals surface area contributed by atoms with Crippen molar-refractivity contribution in [2.24, 2.45) is 0 Å². The van der Waals surface area contributed by atoms with Gasteiger partial charge < -0.3 is 15.0 Å². The summed E-state index contributed by atoms with van der Waals surface area (Å²) in [7, 11) is 2.14. The molecule has 6 heteroatoms. The Bertz CT molecular complexity index is 548. The van der Waals surface area contributed by atoms with Crippen molar-refractivity contribution in [1.29, 1.82) is 0 Å². The van der Waals surface area contributed by atoms with Gasteiger partial charge in [-0.15, -0.1) is 0 Å². The van der Waals surface area contributed by atoms with Crippen molar-refractivity contribution in [2.45, 2.75) is 39.3 Å². The number of amides is 1. The molecule has 1 atom stereocenters. The number of ether oxygens (including phenoxy) is 1. The van der Waals surface area contributed by atoms with Crippen LogP contribution in [0.5, 0.6) is 5.88 Å². The molecular weight excluding hydrogens is 304 g/mol. The van der Waals surface area contributed by atoms with Gasteiger partial charge >= 0.3 is 0 Å². The van der Waals surface area contributed by atoms with Crippen LogP contribution in [0.15, 0.2) is 18.3 Å². The van der Waals surface area contributed by atoms with Crippen molar-refractivity contribution in [3.63, 3.8) is 0 Å². The zero-order chi connectivity index (χ0) is 17.7. The predicted molar refractivity (Wildman–Crippen MR) is 95.5 cm³/mol. The van der Waals surface area contributed by atoms with Crippen LogP contribution in [-0.2, 0) is 0 Å². The number of piperazine rings is 1. The summed E-state index contributed by atoms with van der Waals surface area (Å²) in [5, 5.41) is 3.02. The van der Waals surface area contributed by atoms with Crippen LogP contribution in [0.1, 0.15) is 38.1 Å². The van der Waals surface area contributed by atoms with Gasteiger partial charge in [0.05, 0.1) is 0 Å². The Morgan fingerprint density at radius 2 is 2.00 bits per heavy atom. The standard InChI is InChI=1S/C18H30N4O2/c1-14(22-10-8-21(5)9-11-22)13-20-17(23)15-6-7-19-16(12-15)24-18(2,3)4/h6-7,12,14H,8-11,13H2,1-5H3,(H,20,23)/t14-/m1/s1. The summed E-state index contributed by atoms with van der Waals surface area (Å²) in [6.45, 7) is 12.9. The minimum absolute atomic E-state index is 0.0860. The number of nitrogens with zero attached hydrogens (tertiary/aromatic N) is 3. The molecule has 1 aliphatic rings. The lowest BCUT2D eigenvalue weighted by Crippen LogP contribution is -2.51. The summed E-state index contributed by atoms with van der Waals surface area (Å²) in [4.78, 5) is 21.3. The van der Waals surface area contributed by atoms with Gasteiger partial charge in [-0.25, -0.2) is 4.98 Å². The Morgan fingerprint density at radius 1 is 1.33 bits per heavy atom. The van der Waals surface area contributed by atoms with Gasteiger partial charge in [-0.3, -0.25) is 9.69 Å². The summed E-state index contributed by atoms with van der Waals surface area (Å²) in [5.41, 5.74) is 0.243. The maximum absolute atomic E-state index is 12.4. The Morgan fingerprint density at radius 3 is 2.62 bits per heavy atom. The summed E-state index contributed by atoms with van der Waals surface area (Å²) in [6, 6.07) is 3.74. The van der Waals surface area contributed by atoms with Gasteiger partial charge in [0.1, 0.15) is 5.60 Å². The maximum atomic E-state index is 12.4. The van der Waals surface area contributed by atoms with E-state index in [9.17, 15) is 4.79 Å². The second-order valence-electron chi connectivity index (χ2n) is 7.50. The lowest BCUT2D eigenvalue weighted by atomic mass is 10.2. The molecule has 0 aromatic carbocycles. The van der Waals surface area contributed by atoms with Crippen molar-refractivity contribution in [2.75, 3.05) is 39.8 Å². The molecule has 1 saturated heterocycles. The Labute approximate surface area is 145 Å². The molecule has 0 bridgehead atoms.